The van der Waals surface area contributed by atoms with Gasteiger partial charge in [0.05, 0.1) is 12.0 Å². The average Bonchev–Trinajstić information content (AvgIpc) is 2.47. The maximum atomic E-state index is 8.89. The Morgan fingerprint density at radius 1 is 1.62 bits per heavy atom. The molecule has 0 bridgehead atoms. The van der Waals surface area contributed by atoms with Crippen LogP contribution in [-0.2, 0) is 0 Å². The van der Waals surface area contributed by atoms with Gasteiger partial charge in [-0.3, -0.25) is 0 Å². The molecule has 0 spiro atoms. The first kappa shape index (κ1) is 8.58. The summed E-state index contributed by atoms with van der Waals surface area (Å²) in [6, 6.07) is 6.38. The van der Waals surface area contributed by atoms with Crippen molar-refractivity contribution in [3.05, 3.63) is 27.7 Å². The number of aryl methyl sites for hydroxylation is 1. The van der Waals surface area contributed by atoms with E-state index in [2.05, 4.69) is 40.3 Å². The summed E-state index contributed by atoms with van der Waals surface area (Å²) in [5, 5.41) is 12.1. The predicted molar refractivity (Wildman–Crippen MR) is 55.7 cm³/mol. The van der Waals surface area contributed by atoms with Gasteiger partial charge in [0.25, 0.3) is 0 Å². The van der Waals surface area contributed by atoms with E-state index in [0.29, 0.717) is 0 Å². The molecule has 0 radical (unpaired) electrons. The lowest BCUT2D eigenvalue weighted by Crippen LogP contribution is -1.98. The predicted octanol–water partition coefficient (Wildman–Crippen LogP) is 2.79. The fraction of sp³-hybridized carbons (Fsp3) is 0.300. The number of fused-ring (bicyclic) bond motifs is 1. The van der Waals surface area contributed by atoms with Crippen LogP contribution in [0.25, 0.3) is 0 Å². The van der Waals surface area contributed by atoms with Crippen molar-refractivity contribution in [3.63, 3.8) is 0 Å². The Morgan fingerprint density at radius 2 is 2.38 bits per heavy atom. The number of anilines is 1. The molecular formula is C10H9BrN2. The van der Waals surface area contributed by atoms with Crippen molar-refractivity contribution in [2.24, 2.45) is 0 Å². The molecule has 0 saturated heterocycles. The van der Waals surface area contributed by atoms with Gasteiger partial charge in [-0.1, -0.05) is 15.9 Å². The summed E-state index contributed by atoms with van der Waals surface area (Å²) >= 11 is 3.44. The van der Waals surface area contributed by atoms with Gasteiger partial charge in [0.2, 0.25) is 0 Å². The van der Waals surface area contributed by atoms with E-state index in [1.165, 1.54) is 5.56 Å². The van der Waals surface area contributed by atoms with E-state index in [0.717, 1.165) is 22.3 Å². The Hall–Kier alpha value is -1.01. The third-order valence-corrected chi connectivity index (χ3v) is 2.80. The third-order valence-electron chi connectivity index (χ3n) is 2.35. The van der Waals surface area contributed by atoms with E-state index in [1.807, 2.05) is 6.07 Å². The fourth-order valence-corrected chi connectivity index (χ4v) is 2.30. The second-order valence-electron chi connectivity index (χ2n) is 3.25. The van der Waals surface area contributed by atoms with Crippen LogP contribution in [0, 0.1) is 18.3 Å². The maximum Gasteiger partial charge on any atom is 0.0905 e. The van der Waals surface area contributed by atoms with Gasteiger partial charge in [-0.05, 0) is 30.2 Å². The molecule has 13 heavy (non-hydrogen) atoms. The molecule has 2 nitrogen and oxygen atoms in total. The molecule has 0 aliphatic carbocycles. The summed E-state index contributed by atoms with van der Waals surface area (Å²) in [5.74, 6) is 0.00574. The highest BCUT2D eigenvalue weighted by molar-refractivity contribution is 9.10. The van der Waals surface area contributed by atoms with Gasteiger partial charge in [0, 0.05) is 16.7 Å². The minimum atomic E-state index is 0.00574. The van der Waals surface area contributed by atoms with Crippen molar-refractivity contribution in [3.8, 4) is 6.07 Å². The van der Waals surface area contributed by atoms with Gasteiger partial charge in [-0.2, -0.15) is 5.26 Å². The molecule has 0 amide bonds. The van der Waals surface area contributed by atoms with Gasteiger partial charge in [-0.15, -0.1) is 0 Å². The summed E-state index contributed by atoms with van der Waals surface area (Å²) in [6.45, 7) is 2.79. The highest BCUT2D eigenvalue weighted by atomic mass is 79.9. The van der Waals surface area contributed by atoms with E-state index >= 15 is 0 Å². The molecule has 66 valence electrons. The second-order valence-corrected chi connectivity index (χ2v) is 4.17. The summed E-state index contributed by atoms with van der Waals surface area (Å²) in [7, 11) is 0. The Bertz CT molecular complexity index is 393. The molecule has 1 aliphatic heterocycles. The molecule has 0 saturated carbocycles. The highest BCUT2D eigenvalue weighted by Crippen LogP contribution is 2.35. The number of hydrogen-bond acceptors (Lipinski definition) is 2. The lowest BCUT2D eigenvalue weighted by molar-refractivity contribution is 0.962. The van der Waals surface area contributed by atoms with Crippen LogP contribution < -0.4 is 5.32 Å². The molecule has 0 fully saturated rings. The van der Waals surface area contributed by atoms with Crippen molar-refractivity contribution >= 4 is 21.6 Å². The zero-order valence-corrected chi connectivity index (χ0v) is 8.85. The van der Waals surface area contributed by atoms with Crippen LogP contribution in [0.2, 0.25) is 0 Å². The van der Waals surface area contributed by atoms with Crippen molar-refractivity contribution in [2.45, 2.75) is 12.8 Å². The number of nitriles is 1. The van der Waals surface area contributed by atoms with E-state index in [4.69, 9.17) is 5.26 Å². The molecule has 1 heterocycles. The lowest BCUT2D eigenvalue weighted by atomic mass is 10.0. The average molecular weight is 237 g/mol. The van der Waals surface area contributed by atoms with E-state index in [9.17, 15) is 0 Å². The summed E-state index contributed by atoms with van der Waals surface area (Å²) in [4.78, 5) is 0. The number of benzene rings is 1. The molecule has 1 atom stereocenters. The molecular weight excluding hydrogens is 228 g/mol. The third kappa shape index (κ3) is 1.31. The number of nitrogens with one attached hydrogen (secondary N) is 1. The van der Waals surface area contributed by atoms with Crippen molar-refractivity contribution in [2.75, 3.05) is 11.9 Å². The van der Waals surface area contributed by atoms with E-state index in [-0.39, 0.29) is 5.92 Å². The van der Waals surface area contributed by atoms with E-state index in [1.54, 1.807) is 0 Å². The standard InChI is InChI=1S/C10H9BrN2/c1-6-2-8(11)3-9-7(4-12)5-13-10(6)9/h2-3,7,13H,5H2,1H3. The molecule has 1 aromatic carbocycles. The van der Waals surface area contributed by atoms with Crippen LogP contribution in [0.1, 0.15) is 17.0 Å². The van der Waals surface area contributed by atoms with Crippen molar-refractivity contribution < 1.29 is 0 Å². The van der Waals surface area contributed by atoms with Crippen LogP contribution in [0.4, 0.5) is 5.69 Å². The Morgan fingerprint density at radius 3 is 3.08 bits per heavy atom. The van der Waals surface area contributed by atoms with Gasteiger partial charge < -0.3 is 5.32 Å². The molecule has 0 aromatic heterocycles. The first-order valence-electron chi connectivity index (χ1n) is 4.16. The normalized spacial score (nSPS) is 19.0. The minimum absolute atomic E-state index is 0.00574. The number of halogens is 1. The van der Waals surface area contributed by atoms with Gasteiger partial charge in [-0.25, -0.2) is 0 Å². The quantitative estimate of drug-likeness (QED) is 0.753. The second kappa shape index (κ2) is 3.04. The first-order valence-corrected chi connectivity index (χ1v) is 4.95. The molecule has 1 aromatic rings. The number of rotatable bonds is 0. The zero-order chi connectivity index (χ0) is 9.42. The van der Waals surface area contributed by atoms with Crippen LogP contribution in [0.15, 0.2) is 16.6 Å². The first-order chi connectivity index (χ1) is 6.22. The van der Waals surface area contributed by atoms with Gasteiger partial charge >= 0.3 is 0 Å². The lowest BCUT2D eigenvalue weighted by Gasteiger charge is -2.05. The van der Waals surface area contributed by atoms with Gasteiger partial charge in [0.1, 0.15) is 0 Å². The van der Waals surface area contributed by atoms with E-state index < -0.39 is 0 Å². The zero-order valence-electron chi connectivity index (χ0n) is 7.26. The molecule has 1 aliphatic rings. The summed E-state index contributed by atoms with van der Waals surface area (Å²) in [5.41, 5.74) is 3.45. The van der Waals surface area contributed by atoms with Crippen LogP contribution in [-0.4, -0.2) is 6.54 Å². The van der Waals surface area contributed by atoms with Crippen molar-refractivity contribution in [1.29, 1.82) is 5.26 Å². The van der Waals surface area contributed by atoms with Crippen LogP contribution in [0.5, 0.6) is 0 Å². The summed E-state index contributed by atoms with van der Waals surface area (Å²) < 4.78 is 1.05. The Balaban J connectivity index is 2.59. The monoisotopic (exact) mass is 236 g/mol. The minimum Gasteiger partial charge on any atom is -0.383 e. The SMILES string of the molecule is Cc1cc(Br)cc2c1NCC2C#N. The molecule has 3 heteroatoms. The van der Waals surface area contributed by atoms with Crippen LogP contribution >= 0.6 is 15.9 Å². The largest absolute Gasteiger partial charge is 0.383 e. The Kier molecular flexibility index (Phi) is 2.01. The van der Waals surface area contributed by atoms with Crippen LogP contribution in [0.3, 0.4) is 0 Å². The molecule has 2 rings (SSSR count). The van der Waals surface area contributed by atoms with Gasteiger partial charge in [0.15, 0.2) is 0 Å². The maximum absolute atomic E-state index is 8.89. The molecule has 1 unspecified atom stereocenters. The van der Waals surface area contributed by atoms with Crippen molar-refractivity contribution in [1.82, 2.24) is 0 Å². The fourth-order valence-electron chi connectivity index (χ4n) is 1.71. The summed E-state index contributed by atoms with van der Waals surface area (Å²) in [6.07, 6.45) is 0. The molecule has 1 N–H and O–H groups in total. The Labute approximate surface area is 85.7 Å². The highest BCUT2D eigenvalue weighted by Gasteiger charge is 2.23. The smallest absolute Gasteiger partial charge is 0.0905 e. The number of hydrogen-bond donors (Lipinski definition) is 1. The number of nitrogens with zero attached hydrogens (tertiary/aromatic N) is 1. The topological polar surface area (TPSA) is 35.8 Å².